The van der Waals surface area contributed by atoms with Crippen LogP contribution in [0.4, 0.5) is 5.69 Å². The summed E-state index contributed by atoms with van der Waals surface area (Å²) < 4.78 is 0. The summed E-state index contributed by atoms with van der Waals surface area (Å²) in [6.07, 6.45) is 3.33. The van der Waals surface area contributed by atoms with Gasteiger partial charge in [0.05, 0.1) is 11.3 Å². The SMILES string of the molecule is C/C=C/N1C(=O)C(=O)c2ccccc21. The summed E-state index contributed by atoms with van der Waals surface area (Å²) in [5.41, 5.74) is 1.15. The first-order valence-corrected chi connectivity index (χ1v) is 4.35. The van der Waals surface area contributed by atoms with Crippen molar-refractivity contribution in [3.8, 4) is 0 Å². The van der Waals surface area contributed by atoms with Crippen LogP contribution in [0.25, 0.3) is 0 Å². The summed E-state index contributed by atoms with van der Waals surface area (Å²) in [5.74, 6) is -0.914. The Morgan fingerprint density at radius 2 is 1.93 bits per heavy atom. The molecule has 0 aromatic heterocycles. The van der Waals surface area contributed by atoms with Crippen molar-refractivity contribution >= 4 is 17.4 Å². The number of para-hydroxylation sites is 1. The van der Waals surface area contributed by atoms with Gasteiger partial charge in [0.2, 0.25) is 0 Å². The molecule has 1 aromatic rings. The van der Waals surface area contributed by atoms with E-state index in [-0.39, 0.29) is 0 Å². The van der Waals surface area contributed by atoms with Crippen LogP contribution in [0.1, 0.15) is 17.3 Å². The molecule has 1 aliphatic heterocycles. The zero-order valence-corrected chi connectivity index (χ0v) is 7.73. The summed E-state index contributed by atoms with van der Waals surface area (Å²) in [7, 11) is 0. The van der Waals surface area contributed by atoms with Crippen LogP contribution in [-0.2, 0) is 4.79 Å². The number of hydrogen-bond acceptors (Lipinski definition) is 2. The molecule has 1 amide bonds. The van der Waals surface area contributed by atoms with Gasteiger partial charge in [0, 0.05) is 6.20 Å². The van der Waals surface area contributed by atoms with Crippen LogP contribution < -0.4 is 4.90 Å². The Hall–Kier alpha value is -1.90. The molecule has 1 aliphatic rings. The van der Waals surface area contributed by atoms with Crippen molar-refractivity contribution in [1.29, 1.82) is 0 Å². The molecule has 0 saturated heterocycles. The molecule has 2 rings (SSSR count). The van der Waals surface area contributed by atoms with Crippen molar-refractivity contribution in [2.45, 2.75) is 6.92 Å². The first-order chi connectivity index (χ1) is 6.75. The number of carbonyl (C=O) groups is 2. The number of anilines is 1. The van der Waals surface area contributed by atoms with E-state index in [1.54, 1.807) is 43.5 Å². The third kappa shape index (κ3) is 1.06. The van der Waals surface area contributed by atoms with Crippen molar-refractivity contribution in [1.82, 2.24) is 0 Å². The number of ketones is 1. The molecule has 0 N–H and O–H groups in total. The molecule has 1 heterocycles. The maximum absolute atomic E-state index is 11.5. The van der Waals surface area contributed by atoms with Crippen LogP contribution in [0.3, 0.4) is 0 Å². The molecule has 0 aliphatic carbocycles. The Morgan fingerprint density at radius 1 is 1.21 bits per heavy atom. The number of carbonyl (C=O) groups excluding carboxylic acids is 2. The number of nitrogens with zero attached hydrogens (tertiary/aromatic N) is 1. The third-order valence-corrected chi connectivity index (χ3v) is 2.12. The van der Waals surface area contributed by atoms with Crippen LogP contribution in [-0.4, -0.2) is 11.7 Å². The van der Waals surface area contributed by atoms with Crippen molar-refractivity contribution in [2.24, 2.45) is 0 Å². The molecule has 0 unspecified atom stereocenters. The topological polar surface area (TPSA) is 37.4 Å². The number of hydrogen-bond donors (Lipinski definition) is 0. The highest BCUT2D eigenvalue weighted by atomic mass is 16.2. The Labute approximate surface area is 81.6 Å². The molecule has 0 bridgehead atoms. The average Bonchev–Trinajstić information content (AvgIpc) is 2.45. The number of benzene rings is 1. The lowest BCUT2D eigenvalue weighted by Crippen LogP contribution is -2.23. The molecule has 0 atom stereocenters. The number of fused-ring (bicyclic) bond motifs is 1. The normalized spacial score (nSPS) is 15.4. The fourth-order valence-electron chi connectivity index (χ4n) is 1.51. The van der Waals surface area contributed by atoms with Crippen molar-refractivity contribution in [3.63, 3.8) is 0 Å². The molecule has 70 valence electrons. The van der Waals surface area contributed by atoms with Gasteiger partial charge in [0.15, 0.2) is 0 Å². The Balaban J connectivity index is 2.58. The number of Topliss-reactive ketones (excluding diaryl/α,β-unsaturated/α-hetero) is 1. The van der Waals surface area contributed by atoms with E-state index in [1.165, 1.54) is 4.90 Å². The summed E-state index contributed by atoms with van der Waals surface area (Å²) in [6.45, 7) is 1.80. The molecule has 14 heavy (non-hydrogen) atoms. The van der Waals surface area contributed by atoms with Crippen molar-refractivity contribution < 1.29 is 9.59 Å². The van der Waals surface area contributed by atoms with Gasteiger partial charge in [0.25, 0.3) is 5.78 Å². The summed E-state index contributed by atoms with van der Waals surface area (Å²) >= 11 is 0. The predicted molar refractivity (Wildman–Crippen MR) is 53.1 cm³/mol. The van der Waals surface area contributed by atoms with Crippen molar-refractivity contribution in [2.75, 3.05) is 4.90 Å². The van der Waals surface area contributed by atoms with E-state index in [9.17, 15) is 9.59 Å². The van der Waals surface area contributed by atoms with E-state index < -0.39 is 11.7 Å². The van der Waals surface area contributed by atoms with E-state index in [0.717, 1.165) is 0 Å². The number of rotatable bonds is 1. The minimum absolute atomic E-state index is 0.432. The first kappa shape index (κ1) is 8.69. The van der Waals surface area contributed by atoms with Gasteiger partial charge in [-0.25, -0.2) is 0 Å². The summed E-state index contributed by atoms with van der Waals surface area (Å²) in [4.78, 5) is 24.3. The summed E-state index contributed by atoms with van der Waals surface area (Å²) in [5, 5.41) is 0. The zero-order chi connectivity index (χ0) is 10.1. The maximum atomic E-state index is 11.5. The standard InChI is InChI=1S/C11H9NO2/c1-2-7-12-9-6-4-3-5-8(9)10(13)11(12)14/h2-7H,1H3/b7-2+. The van der Waals surface area contributed by atoms with Gasteiger partial charge in [0.1, 0.15) is 0 Å². The van der Waals surface area contributed by atoms with E-state index in [2.05, 4.69) is 0 Å². The molecule has 1 aromatic carbocycles. The van der Waals surface area contributed by atoms with E-state index in [1.807, 2.05) is 0 Å². The Bertz CT molecular complexity index is 435. The van der Waals surface area contributed by atoms with Gasteiger partial charge in [-0.1, -0.05) is 18.2 Å². The van der Waals surface area contributed by atoms with Crippen molar-refractivity contribution in [3.05, 3.63) is 42.1 Å². The van der Waals surface area contributed by atoms with E-state index in [4.69, 9.17) is 0 Å². The third-order valence-electron chi connectivity index (χ3n) is 2.12. The first-order valence-electron chi connectivity index (χ1n) is 4.35. The van der Waals surface area contributed by atoms with Gasteiger partial charge in [-0.15, -0.1) is 0 Å². The lowest BCUT2D eigenvalue weighted by Gasteiger charge is -2.09. The molecule has 0 spiro atoms. The second-order valence-electron chi connectivity index (χ2n) is 3.00. The summed E-state index contributed by atoms with van der Waals surface area (Å²) in [6, 6.07) is 6.99. The lowest BCUT2D eigenvalue weighted by molar-refractivity contribution is -0.113. The number of amides is 1. The molecule has 3 heteroatoms. The van der Waals surface area contributed by atoms with Gasteiger partial charge < -0.3 is 0 Å². The predicted octanol–water partition coefficient (Wildman–Crippen LogP) is 1.75. The zero-order valence-electron chi connectivity index (χ0n) is 7.73. The highest BCUT2D eigenvalue weighted by Gasteiger charge is 2.33. The minimum atomic E-state index is -0.482. The maximum Gasteiger partial charge on any atom is 0.303 e. The highest BCUT2D eigenvalue weighted by molar-refractivity contribution is 6.52. The monoisotopic (exact) mass is 187 g/mol. The quantitative estimate of drug-likeness (QED) is 0.628. The fraction of sp³-hybridized carbons (Fsp3) is 0.0909. The van der Waals surface area contributed by atoms with Crippen LogP contribution in [0.2, 0.25) is 0 Å². The molecule has 3 nitrogen and oxygen atoms in total. The highest BCUT2D eigenvalue weighted by Crippen LogP contribution is 2.28. The Morgan fingerprint density at radius 3 is 2.64 bits per heavy atom. The van der Waals surface area contributed by atoms with Crippen LogP contribution >= 0.6 is 0 Å². The fourth-order valence-corrected chi connectivity index (χ4v) is 1.51. The smallest absolute Gasteiger partial charge is 0.283 e. The van der Waals surface area contributed by atoms with Crippen LogP contribution in [0, 0.1) is 0 Å². The molecule has 0 fully saturated rings. The largest absolute Gasteiger partial charge is 0.303 e. The molecular formula is C11H9NO2. The Kier molecular flexibility index (Phi) is 1.93. The second-order valence-corrected chi connectivity index (χ2v) is 3.00. The van der Waals surface area contributed by atoms with Gasteiger partial charge >= 0.3 is 5.91 Å². The van der Waals surface area contributed by atoms with Gasteiger partial charge in [-0.05, 0) is 19.1 Å². The van der Waals surface area contributed by atoms with Crippen LogP contribution in [0.15, 0.2) is 36.5 Å². The number of allylic oxidation sites excluding steroid dienone is 1. The van der Waals surface area contributed by atoms with Gasteiger partial charge in [-0.2, -0.15) is 0 Å². The molecule has 0 saturated carbocycles. The van der Waals surface area contributed by atoms with Gasteiger partial charge in [-0.3, -0.25) is 14.5 Å². The molecule has 0 radical (unpaired) electrons. The minimum Gasteiger partial charge on any atom is -0.283 e. The van der Waals surface area contributed by atoms with E-state index in [0.29, 0.717) is 11.3 Å². The van der Waals surface area contributed by atoms with E-state index >= 15 is 0 Å². The second kappa shape index (κ2) is 3.10. The molecular weight excluding hydrogens is 178 g/mol. The van der Waals surface area contributed by atoms with Crippen LogP contribution in [0.5, 0.6) is 0 Å². The lowest BCUT2D eigenvalue weighted by atomic mass is 10.1. The average molecular weight is 187 g/mol.